The van der Waals surface area contributed by atoms with Crippen LogP contribution in [0.25, 0.3) is 0 Å². The van der Waals surface area contributed by atoms with Gasteiger partial charge in [0.25, 0.3) is 0 Å². The van der Waals surface area contributed by atoms with Crippen molar-refractivity contribution in [3.05, 3.63) is 11.1 Å². The van der Waals surface area contributed by atoms with Crippen molar-refractivity contribution in [1.29, 1.82) is 0 Å². The molecule has 0 aromatic carbocycles. The third kappa shape index (κ3) is 1.19. The first kappa shape index (κ1) is 7.28. The molecular formula is C7H10O3. The second-order valence-corrected chi connectivity index (χ2v) is 2.21. The minimum absolute atomic E-state index is 0.252. The van der Waals surface area contributed by atoms with E-state index >= 15 is 0 Å². The van der Waals surface area contributed by atoms with E-state index in [4.69, 9.17) is 4.74 Å². The number of carbonyl (C=O) groups is 1. The smallest absolute Gasteiger partial charge is 0.333 e. The lowest BCUT2D eigenvalue weighted by atomic mass is 10.1. The van der Waals surface area contributed by atoms with Gasteiger partial charge in [0.2, 0.25) is 0 Å². The Hall–Kier alpha value is -0.830. The van der Waals surface area contributed by atoms with E-state index in [0.717, 1.165) is 5.57 Å². The maximum atomic E-state index is 10.8. The van der Waals surface area contributed by atoms with Crippen LogP contribution in [0.3, 0.4) is 0 Å². The summed E-state index contributed by atoms with van der Waals surface area (Å²) in [5.41, 5.74) is 1.74. The summed E-state index contributed by atoms with van der Waals surface area (Å²) in [4.78, 5) is 10.8. The molecule has 0 atom stereocenters. The highest BCUT2D eigenvalue weighted by Gasteiger charge is 2.16. The third-order valence-corrected chi connectivity index (χ3v) is 1.57. The van der Waals surface area contributed by atoms with Gasteiger partial charge in [0, 0.05) is 5.57 Å². The van der Waals surface area contributed by atoms with Gasteiger partial charge in [-0.1, -0.05) is 0 Å². The fourth-order valence-electron chi connectivity index (χ4n) is 0.718. The SMILES string of the molecule is COC(=O)C(C)=C1COC1. The van der Waals surface area contributed by atoms with Crippen molar-refractivity contribution in [3.8, 4) is 0 Å². The van der Waals surface area contributed by atoms with E-state index in [9.17, 15) is 4.79 Å². The number of carbonyl (C=O) groups excluding carboxylic acids is 1. The first-order chi connectivity index (χ1) is 4.75. The Balaban J connectivity index is 2.61. The molecule has 1 aliphatic rings. The number of hydrogen-bond donors (Lipinski definition) is 0. The first-order valence-corrected chi connectivity index (χ1v) is 3.10. The molecule has 0 spiro atoms. The van der Waals surface area contributed by atoms with E-state index < -0.39 is 0 Å². The van der Waals surface area contributed by atoms with Gasteiger partial charge in [-0.15, -0.1) is 0 Å². The predicted molar refractivity (Wildman–Crippen MR) is 35.5 cm³/mol. The van der Waals surface area contributed by atoms with Crippen LogP contribution in [0.15, 0.2) is 11.1 Å². The zero-order valence-corrected chi connectivity index (χ0v) is 6.14. The molecule has 1 heterocycles. The minimum Gasteiger partial charge on any atom is -0.466 e. The van der Waals surface area contributed by atoms with E-state index in [-0.39, 0.29) is 5.97 Å². The zero-order valence-electron chi connectivity index (χ0n) is 6.14. The molecule has 1 saturated heterocycles. The van der Waals surface area contributed by atoms with Gasteiger partial charge in [-0.2, -0.15) is 0 Å². The van der Waals surface area contributed by atoms with Gasteiger partial charge in [-0.25, -0.2) is 4.79 Å². The maximum absolute atomic E-state index is 10.8. The van der Waals surface area contributed by atoms with E-state index in [1.807, 2.05) is 0 Å². The largest absolute Gasteiger partial charge is 0.466 e. The number of hydrogen-bond acceptors (Lipinski definition) is 3. The van der Waals surface area contributed by atoms with Gasteiger partial charge in [-0.05, 0) is 12.5 Å². The van der Waals surface area contributed by atoms with E-state index in [1.165, 1.54) is 7.11 Å². The van der Waals surface area contributed by atoms with E-state index in [2.05, 4.69) is 4.74 Å². The molecule has 0 radical (unpaired) electrons. The standard InChI is InChI=1S/C7H10O3/c1-5(7(8)9-2)6-3-10-4-6/h3-4H2,1-2H3. The van der Waals surface area contributed by atoms with Gasteiger partial charge in [-0.3, -0.25) is 0 Å². The molecule has 0 N–H and O–H groups in total. The topological polar surface area (TPSA) is 35.5 Å². The molecule has 1 aliphatic heterocycles. The Labute approximate surface area is 59.6 Å². The molecule has 3 heteroatoms. The molecule has 0 aromatic heterocycles. The van der Waals surface area contributed by atoms with Crippen LogP contribution in [0.4, 0.5) is 0 Å². The average Bonchev–Trinajstić information content (AvgIpc) is 1.82. The Morgan fingerprint density at radius 3 is 2.50 bits per heavy atom. The summed E-state index contributed by atoms with van der Waals surface area (Å²) in [7, 11) is 1.38. The van der Waals surface area contributed by atoms with Crippen LogP contribution in [0.5, 0.6) is 0 Å². The Morgan fingerprint density at radius 1 is 1.60 bits per heavy atom. The van der Waals surface area contributed by atoms with E-state index in [1.54, 1.807) is 6.92 Å². The molecule has 1 fully saturated rings. The number of esters is 1. The molecule has 1 rings (SSSR count). The lowest BCUT2D eigenvalue weighted by Crippen LogP contribution is -2.21. The van der Waals surface area contributed by atoms with Crippen molar-refractivity contribution in [2.24, 2.45) is 0 Å². The van der Waals surface area contributed by atoms with Crippen molar-refractivity contribution < 1.29 is 14.3 Å². The van der Waals surface area contributed by atoms with Crippen LogP contribution in [0.2, 0.25) is 0 Å². The Kier molecular flexibility index (Phi) is 2.06. The minimum atomic E-state index is -0.252. The predicted octanol–water partition coefficient (Wildman–Crippen LogP) is 0.506. The zero-order chi connectivity index (χ0) is 7.56. The van der Waals surface area contributed by atoms with E-state index in [0.29, 0.717) is 18.8 Å². The summed E-state index contributed by atoms with van der Waals surface area (Å²) in [6, 6.07) is 0. The highest BCUT2D eigenvalue weighted by Crippen LogP contribution is 2.14. The molecule has 0 amide bonds. The molecule has 0 unspecified atom stereocenters. The van der Waals surface area contributed by atoms with Gasteiger partial charge >= 0.3 is 5.97 Å². The Morgan fingerprint density at radius 2 is 2.20 bits per heavy atom. The van der Waals surface area contributed by atoms with Crippen LogP contribution in [0, 0.1) is 0 Å². The van der Waals surface area contributed by atoms with Crippen LogP contribution in [0.1, 0.15) is 6.92 Å². The lowest BCUT2D eigenvalue weighted by molar-refractivity contribution is -0.136. The van der Waals surface area contributed by atoms with Crippen LogP contribution in [-0.4, -0.2) is 26.3 Å². The third-order valence-electron chi connectivity index (χ3n) is 1.57. The lowest BCUT2D eigenvalue weighted by Gasteiger charge is -2.19. The molecule has 56 valence electrons. The molecule has 0 aromatic rings. The van der Waals surface area contributed by atoms with Crippen LogP contribution < -0.4 is 0 Å². The monoisotopic (exact) mass is 142 g/mol. The second-order valence-electron chi connectivity index (χ2n) is 2.21. The summed E-state index contributed by atoms with van der Waals surface area (Å²) in [6.45, 7) is 2.92. The van der Waals surface area contributed by atoms with Crippen molar-refractivity contribution in [1.82, 2.24) is 0 Å². The molecule has 0 saturated carbocycles. The van der Waals surface area contributed by atoms with Crippen LogP contribution in [-0.2, 0) is 14.3 Å². The summed E-state index contributed by atoms with van der Waals surface area (Å²) >= 11 is 0. The number of methoxy groups -OCH3 is 1. The Bertz CT molecular complexity index is 175. The second kappa shape index (κ2) is 2.84. The number of ether oxygens (including phenoxy) is 2. The normalized spacial score (nSPS) is 16.0. The summed E-state index contributed by atoms with van der Waals surface area (Å²) in [5, 5.41) is 0. The molecule has 0 aliphatic carbocycles. The summed E-state index contributed by atoms with van der Waals surface area (Å²) < 4.78 is 9.40. The van der Waals surface area contributed by atoms with Gasteiger partial charge < -0.3 is 9.47 Å². The fraction of sp³-hybridized carbons (Fsp3) is 0.571. The molecular weight excluding hydrogens is 132 g/mol. The molecule has 3 nitrogen and oxygen atoms in total. The van der Waals surface area contributed by atoms with Gasteiger partial charge in [0.05, 0.1) is 20.3 Å². The van der Waals surface area contributed by atoms with Crippen molar-refractivity contribution in [2.45, 2.75) is 6.92 Å². The van der Waals surface area contributed by atoms with Gasteiger partial charge in [0.1, 0.15) is 0 Å². The highest BCUT2D eigenvalue weighted by molar-refractivity contribution is 5.88. The number of rotatable bonds is 1. The molecule has 0 bridgehead atoms. The summed E-state index contributed by atoms with van der Waals surface area (Å²) in [6.07, 6.45) is 0. The molecule has 10 heavy (non-hydrogen) atoms. The van der Waals surface area contributed by atoms with Crippen molar-refractivity contribution >= 4 is 5.97 Å². The average molecular weight is 142 g/mol. The highest BCUT2D eigenvalue weighted by atomic mass is 16.5. The summed E-state index contributed by atoms with van der Waals surface area (Å²) in [5.74, 6) is -0.252. The maximum Gasteiger partial charge on any atom is 0.333 e. The van der Waals surface area contributed by atoms with Crippen molar-refractivity contribution in [2.75, 3.05) is 20.3 Å². The fourth-order valence-corrected chi connectivity index (χ4v) is 0.718. The van der Waals surface area contributed by atoms with Gasteiger partial charge in [0.15, 0.2) is 0 Å². The van der Waals surface area contributed by atoms with Crippen molar-refractivity contribution in [3.63, 3.8) is 0 Å². The first-order valence-electron chi connectivity index (χ1n) is 3.10. The quantitative estimate of drug-likeness (QED) is 0.395. The van der Waals surface area contributed by atoms with Crippen LogP contribution >= 0.6 is 0 Å².